The highest BCUT2D eigenvalue weighted by molar-refractivity contribution is 5.14. The first kappa shape index (κ1) is 11.3. The molecule has 3 heteroatoms. The molecule has 86 valence electrons. The summed E-state index contributed by atoms with van der Waals surface area (Å²) in [7, 11) is 0. The standard InChI is InChI=1S/C14H15N3/c1-3-7-13(8-4-1)11-15-17-16-12-14-9-5-2-6-10-14/h1-10H,11-12H2,(H,15,16). The van der Waals surface area contributed by atoms with Crippen molar-refractivity contribution in [1.82, 2.24) is 5.43 Å². The zero-order chi connectivity index (χ0) is 11.8. The van der Waals surface area contributed by atoms with Crippen molar-refractivity contribution in [3.05, 3.63) is 71.8 Å². The minimum absolute atomic E-state index is 0.614. The van der Waals surface area contributed by atoms with Crippen LogP contribution in [-0.4, -0.2) is 0 Å². The van der Waals surface area contributed by atoms with Gasteiger partial charge in [0.2, 0.25) is 0 Å². The molecule has 2 aromatic rings. The van der Waals surface area contributed by atoms with Crippen LogP contribution >= 0.6 is 0 Å². The smallest absolute Gasteiger partial charge is 0.0870 e. The van der Waals surface area contributed by atoms with E-state index in [1.54, 1.807) is 0 Å². The van der Waals surface area contributed by atoms with Crippen molar-refractivity contribution in [3.8, 4) is 0 Å². The lowest BCUT2D eigenvalue weighted by molar-refractivity contribution is 0.668. The Bertz CT molecular complexity index is 451. The van der Waals surface area contributed by atoms with Crippen LogP contribution in [0.15, 0.2) is 71.0 Å². The molecular weight excluding hydrogens is 210 g/mol. The second kappa shape index (κ2) is 6.43. The molecule has 0 saturated carbocycles. The first-order chi connectivity index (χ1) is 8.45. The molecule has 0 aliphatic carbocycles. The van der Waals surface area contributed by atoms with Crippen molar-refractivity contribution in [2.45, 2.75) is 13.1 Å². The number of nitrogens with zero attached hydrogens (tertiary/aromatic N) is 2. The van der Waals surface area contributed by atoms with Gasteiger partial charge < -0.3 is 0 Å². The number of hydrogen-bond donors (Lipinski definition) is 1. The van der Waals surface area contributed by atoms with E-state index >= 15 is 0 Å². The first-order valence-electron chi connectivity index (χ1n) is 5.62. The van der Waals surface area contributed by atoms with Crippen molar-refractivity contribution in [3.63, 3.8) is 0 Å². The second-order valence-corrected chi connectivity index (χ2v) is 3.71. The average molecular weight is 225 g/mol. The van der Waals surface area contributed by atoms with Gasteiger partial charge in [-0.25, -0.2) is 0 Å². The summed E-state index contributed by atoms with van der Waals surface area (Å²) in [6, 6.07) is 20.2. The largest absolute Gasteiger partial charge is 0.287 e. The number of rotatable bonds is 5. The van der Waals surface area contributed by atoms with Gasteiger partial charge in [0.25, 0.3) is 0 Å². The second-order valence-electron chi connectivity index (χ2n) is 3.71. The molecule has 0 heterocycles. The first-order valence-corrected chi connectivity index (χ1v) is 5.62. The van der Waals surface area contributed by atoms with Crippen LogP contribution in [-0.2, 0) is 13.1 Å². The van der Waals surface area contributed by atoms with E-state index in [9.17, 15) is 0 Å². The van der Waals surface area contributed by atoms with Gasteiger partial charge in [-0.1, -0.05) is 65.9 Å². The molecule has 0 radical (unpaired) electrons. The van der Waals surface area contributed by atoms with Crippen LogP contribution in [0, 0.1) is 0 Å². The highest BCUT2D eigenvalue weighted by atomic mass is 15.4. The normalized spacial score (nSPS) is 10.6. The molecule has 17 heavy (non-hydrogen) atoms. The summed E-state index contributed by atoms with van der Waals surface area (Å²) in [4.78, 5) is 0. The van der Waals surface area contributed by atoms with E-state index in [1.807, 2.05) is 48.5 Å². The van der Waals surface area contributed by atoms with E-state index in [1.165, 1.54) is 5.56 Å². The Morgan fingerprint density at radius 3 is 2.00 bits per heavy atom. The molecule has 0 aliphatic heterocycles. The summed E-state index contributed by atoms with van der Waals surface area (Å²) < 4.78 is 0. The van der Waals surface area contributed by atoms with E-state index in [0.717, 1.165) is 5.56 Å². The molecule has 2 rings (SSSR count). The molecular formula is C14H15N3. The van der Waals surface area contributed by atoms with Crippen molar-refractivity contribution in [2.24, 2.45) is 10.3 Å². The molecule has 0 atom stereocenters. The van der Waals surface area contributed by atoms with Gasteiger partial charge in [0.1, 0.15) is 0 Å². The third kappa shape index (κ3) is 4.07. The predicted octanol–water partition coefficient (Wildman–Crippen LogP) is 3.34. The maximum atomic E-state index is 4.07. The monoisotopic (exact) mass is 225 g/mol. The Morgan fingerprint density at radius 1 is 0.765 bits per heavy atom. The van der Waals surface area contributed by atoms with Crippen LogP contribution in [0.4, 0.5) is 0 Å². The van der Waals surface area contributed by atoms with Gasteiger partial charge in [-0.15, -0.1) is 0 Å². The summed E-state index contributed by atoms with van der Waals surface area (Å²) in [6.45, 7) is 1.32. The zero-order valence-corrected chi connectivity index (χ0v) is 9.58. The molecule has 0 bridgehead atoms. The van der Waals surface area contributed by atoms with E-state index < -0.39 is 0 Å². The van der Waals surface area contributed by atoms with Gasteiger partial charge in [0.15, 0.2) is 0 Å². The molecule has 1 N–H and O–H groups in total. The maximum Gasteiger partial charge on any atom is 0.0870 e. The Balaban J connectivity index is 1.72. The van der Waals surface area contributed by atoms with Crippen molar-refractivity contribution in [2.75, 3.05) is 0 Å². The topological polar surface area (TPSA) is 36.8 Å². The molecule has 2 aromatic carbocycles. The fourth-order valence-electron chi connectivity index (χ4n) is 1.47. The summed E-state index contributed by atoms with van der Waals surface area (Å²) in [6.07, 6.45) is 0. The molecule has 0 saturated heterocycles. The summed E-state index contributed by atoms with van der Waals surface area (Å²) >= 11 is 0. The minimum Gasteiger partial charge on any atom is -0.287 e. The molecule has 0 amide bonds. The van der Waals surface area contributed by atoms with E-state index in [-0.39, 0.29) is 0 Å². The molecule has 0 aliphatic rings. The van der Waals surface area contributed by atoms with Crippen LogP contribution in [0.3, 0.4) is 0 Å². The Labute approximate surface area is 101 Å². The van der Waals surface area contributed by atoms with Gasteiger partial charge in [-0.2, -0.15) is 5.11 Å². The maximum absolute atomic E-state index is 4.07. The lowest BCUT2D eigenvalue weighted by Gasteiger charge is -1.99. The zero-order valence-electron chi connectivity index (χ0n) is 9.58. The lowest BCUT2D eigenvalue weighted by Crippen LogP contribution is -2.03. The Hall–Kier alpha value is -2.16. The van der Waals surface area contributed by atoms with Crippen LogP contribution < -0.4 is 5.43 Å². The minimum atomic E-state index is 0.614. The Morgan fingerprint density at radius 2 is 1.35 bits per heavy atom. The van der Waals surface area contributed by atoms with E-state index in [0.29, 0.717) is 13.1 Å². The number of nitrogens with one attached hydrogen (secondary N) is 1. The quantitative estimate of drug-likeness (QED) is 0.615. The molecule has 0 unspecified atom stereocenters. The van der Waals surface area contributed by atoms with Crippen molar-refractivity contribution < 1.29 is 0 Å². The molecule has 0 fully saturated rings. The van der Waals surface area contributed by atoms with Crippen molar-refractivity contribution in [1.29, 1.82) is 0 Å². The fourth-order valence-corrected chi connectivity index (χ4v) is 1.47. The number of benzene rings is 2. The highest BCUT2D eigenvalue weighted by Gasteiger charge is 1.88. The summed E-state index contributed by atoms with van der Waals surface area (Å²) in [5, 5.41) is 8.01. The molecule has 0 spiro atoms. The summed E-state index contributed by atoms with van der Waals surface area (Å²) in [5.41, 5.74) is 5.30. The van der Waals surface area contributed by atoms with Crippen LogP contribution in [0.2, 0.25) is 0 Å². The van der Waals surface area contributed by atoms with Gasteiger partial charge in [0, 0.05) is 0 Å². The fraction of sp³-hybridized carbons (Fsp3) is 0.143. The third-order valence-electron chi connectivity index (χ3n) is 2.36. The summed E-state index contributed by atoms with van der Waals surface area (Å²) in [5.74, 6) is 0. The average Bonchev–Trinajstić information content (AvgIpc) is 2.41. The predicted molar refractivity (Wildman–Crippen MR) is 68.3 cm³/mol. The van der Waals surface area contributed by atoms with Crippen LogP contribution in [0.25, 0.3) is 0 Å². The Kier molecular flexibility index (Phi) is 4.28. The molecule has 3 nitrogen and oxygen atoms in total. The number of hydrogen-bond acceptors (Lipinski definition) is 2. The third-order valence-corrected chi connectivity index (χ3v) is 2.36. The van der Waals surface area contributed by atoms with Gasteiger partial charge in [-0.3, -0.25) is 5.43 Å². The van der Waals surface area contributed by atoms with Gasteiger partial charge in [0.05, 0.1) is 13.1 Å². The SMILES string of the molecule is c1ccc(CN=NNCc2ccccc2)cc1. The lowest BCUT2D eigenvalue weighted by atomic mass is 10.2. The highest BCUT2D eigenvalue weighted by Crippen LogP contribution is 2.00. The van der Waals surface area contributed by atoms with E-state index in [2.05, 4.69) is 27.9 Å². The van der Waals surface area contributed by atoms with Gasteiger partial charge >= 0.3 is 0 Å². The van der Waals surface area contributed by atoms with Crippen molar-refractivity contribution >= 4 is 0 Å². The van der Waals surface area contributed by atoms with Gasteiger partial charge in [-0.05, 0) is 11.1 Å². The van der Waals surface area contributed by atoms with Crippen LogP contribution in [0.1, 0.15) is 11.1 Å². The molecule has 0 aromatic heterocycles. The van der Waals surface area contributed by atoms with Crippen LogP contribution in [0.5, 0.6) is 0 Å². The van der Waals surface area contributed by atoms with E-state index in [4.69, 9.17) is 0 Å².